The van der Waals surface area contributed by atoms with E-state index in [1.54, 1.807) is 0 Å². The molecule has 0 bridgehead atoms. The Balaban J connectivity index is 0.00000320. The predicted octanol–water partition coefficient (Wildman–Crippen LogP) is 7.45. The van der Waals surface area contributed by atoms with Crippen LogP contribution in [0.3, 0.4) is 0 Å². The summed E-state index contributed by atoms with van der Waals surface area (Å²) in [6.45, 7) is 14.9. The van der Waals surface area contributed by atoms with E-state index in [9.17, 15) is 0 Å². The summed E-state index contributed by atoms with van der Waals surface area (Å²) < 4.78 is 6.30. The van der Waals surface area contributed by atoms with Crippen molar-refractivity contribution in [1.82, 2.24) is 5.32 Å². The van der Waals surface area contributed by atoms with Crippen molar-refractivity contribution >= 4 is 23.2 Å². The topological polar surface area (TPSA) is 21.3 Å². The Kier molecular flexibility index (Phi) is 7.96. The Morgan fingerprint density at radius 2 is 1.50 bits per heavy atom. The molecule has 1 N–H and O–H groups in total. The number of hydrogen-bond acceptors (Lipinski definition) is 2. The van der Waals surface area contributed by atoms with Gasteiger partial charge in [0, 0.05) is 17.6 Å². The molecule has 0 saturated carbocycles. The van der Waals surface area contributed by atoms with Gasteiger partial charge in [-0.15, -0.1) is 12.4 Å². The van der Waals surface area contributed by atoms with Crippen molar-refractivity contribution in [2.24, 2.45) is 5.41 Å². The molecule has 0 spiro atoms. The second-order valence-corrected chi connectivity index (χ2v) is 10.0. The molecular weight excluding hydrogens is 390 g/mol. The largest absolute Gasteiger partial charge is 0.489 e. The third kappa shape index (κ3) is 6.75. The number of fused-ring (bicyclic) bond motifs is 1. The van der Waals surface area contributed by atoms with Crippen LogP contribution in [-0.2, 0) is 13.2 Å². The van der Waals surface area contributed by atoms with E-state index in [0.717, 1.165) is 18.7 Å². The molecule has 0 unspecified atom stereocenters. The Morgan fingerprint density at radius 3 is 2.17 bits per heavy atom. The Bertz CT molecular complexity index is 955. The first kappa shape index (κ1) is 24.2. The quantitative estimate of drug-likeness (QED) is 0.424. The van der Waals surface area contributed by atoms with Crippen molar-refractivity contribution in [3.05, 3.63) is 77.4 Å². The van der Waals surface area contributed by atoms with Gasteiger partial charge in [0.15, 0.2) is 0 Å². The Labute approximate surface area is 188 Å². The molecule has 0 aliphatic carbocycles. The van der Waals surface area contributed by atoms with Crippen molar-refractivity contribution in [1.29, 1.82) is 0 Å². The minimum atomic E-state index is 0. The van der Waals surface area contributed by atoms with Crippen LogP contribution in [-0.4, -0.2) is 5.54 Å². The molecule has 0 fully saturated rings. The average molecular weight is 426 g/mol. The number of rotatable bonds is 7. The fraction of sp³-hybridized carbons (Fsp3) is 0.407. The molecule has 30 heavy (non-hydrogen) atoms. The van der Waals surface area contributed by atoms with Gasteiger partial charge in [0.05, 0.1) is 0 Å². The summed E-state index contributed by atoms with van der Waals surface area (Å²) in [5.74, 6) is 0.961. The van der Waals surface area contributed by atoms with Crippen LogP contribution in [0.2, 0.25) is 0 Å². The second kappa shape index (κ2) is 9.85. The first-order chi connectivity index (χ1) is 13.6. The normalized spacial score (nSPS) is 11.9. The monoisotopic (exact) mass is 425 g/mol. The average Bonchev–Trinajstić information content (AvgIpc) is 2.64. The first-order valence-corrected chi connectivity index (χ1v) is 10.6. The van der Waals surface area contributed by atoms with E-state index in [4.69, 9.17) is 4.74 Å². The summed E-state index contributed by atoms with van der Waals surface area (Å²) >= 11 is 0. The van der Waals surface area contributed by atoms with Gasteiger partial charge in [0.2, 0.25) is 0 Å². The van der Waals surface area contributed by atoms with Gasteiger partial charge in [0.25, 0.3) is 0 Å². The maximum atomic E-state index is 6.30. The summed E-state index contributed by atoms with van der Waals surface area (Å²) in [4.78, 5) is 0. The van der Waals surface area contributed by atoms with Crippen molar-refractivity contribution in [3.8, 4) is 5.75 Å². The van der Waals surface area contributed by atoms with Crippen LogP contribution < -0.4 is 10.1 Å². The van der Waals surface area contributed by atoms with Gasteiger partial charge in [-0.1, -0.05) is 80.9 Å². The summed E-state index contributed by atoms with van der Waals surface area (Å²) in [5.41, 5.74) is 4.02. The summed E-state index contributed by atoms with van der Waals surface area (Å²) in [5, 5.41) is 6.30. The van der Waals surface area contributed by atoms with Crippen molar-refractivity contribution < 1.29 is 4.74 Å². The highest BCUT2D eigenvalue weighted by molar-refractivity contribution is 5.87. The zero-order valence-corrected chi connectivity index (χ0v) is 20.0. The highest BCUT2D eigenvalue weighted by Gasteiger charge is 2.25. The van der Waals surface area contributed by atoms with Gasteiger partial charge in [-0.3, -0.25) is 0 Å². The van der Waals surface area contributed by atoms with Crippen LogP contribution in [0, 0.1) is 12.3 Å². The van der Waals surface area contributed by atoms with E-state index in [0.29, 0.717) is 6.61 Å². The van der Waals surface area contributed by atoms with Crippen molar-refractivity contribution in [3.63, 3.8) is 0 Å². The van der Waals surface area contributed by atoms with Gasteiger partial charge in [-0.25, -0.2) is 0 Å². The van der Waals surface area contributed by atoms with Gasteiger partial charge in [-0.2, -0.15) is 0 Å². The number of benzene rings is 3. The van der Waals surface area contributed by atoms with Crippen LogP contribution in [0.25, 0.3) is 10.8 Å². The fourth-order valence-electron chi connectivity index (χ4n) is 4.19. The van der Waals surface area contributed by atoms with Crippen molar-refractivity contribution in [2.75, 3.05) is 0 Å². The number of hydrogen-bond donors (Lipinski definition) is 1. The minimum Gasteiger partial charge on any atom is -0.489 e. The van der Waals surface area contributed by atoms with Crippen LogP contribution in [0.15, 0.2) is 60.7 Å². The molecule has 0 amide bonds. The molecule has 3 aromatic carbocycles. The Morgan fingerprint density at radius 1 is 0.833 bits per heavy atom. The zero-order valence-electron chi connectivity index (χ0n) is 19.2. The maximum Gasteiger partial charge on any atom is 0.124 e. The number of nitrogens with one attached hydrogen (secondary N) is 1. The molecule has 0 radical (unpaired) electrons. The third-order valence-electron chi connectivity index (χ3n) is 5.23. The smallest absolute Gasteiger partial charge is 0.124 e. The van der Waals surface area contributed by atoms with E-state index < -0.39 is 0 Å². The SMILES string of the molecule is Cc1ccc(COc2ccc3ccccc3c2CNC(C)(C)CC(C)(C)C)cc1.Cl. The predicted molar refractivity (Wildman–Crippen MR) is 132 cm³/mol. The number of aryl methyl sites for hydroxylation is 1. The van der Waals surface area contributed by atoms with Crippen LogP contribution >= 0.6 is 12.4 Å². The molecule has 162 valence electrons. The lowest BCUT2D eigenvalue weighted by atomic mass is 9.81. The lowest BCUT2D eigenvalue weighted by Gasteiger charge is -2.34. The molecule has 3 heteroatoms. The lowest BCUT2D eigenvalue weighted by molar-refractivity contribution is 0.239. The van der Waals surface area contributed by atoms with Crippen molar-refractivity contribution in [2.45, 2.75) is 66.7 Å². The fourth-order valence-corrected chi connectivity index (χ4v) is 4.19. The van der Waals surface area contributed by atoms with E-state index in [1.165, 1.54) is 27.5 Å². The zero-order chi connectivity index (χ0) is 21.1. The van der Waals surface area contributed by atoms with Crippen LogP contribution in [0.5, 0.6) is 5.75 Å². The molecule has 0 aliphatic heterocycles. The lowest BCUT2D eigenvalue weighted by Crippen LogP contribution is -2.41. The van der Waals surface area contributed by atoms with Gasteiger partial charge in [0.1, 0.15) is 12.4 Å². The van der Waals surface area contributed by atoms with E-state index in [1.807, 2.05) is 0 Å². The highest BCUT2D eigenvalue weighted by Crippen LogP contribution is 2.31. The molecular formula is C27H36ClNO. The van der Waals surface area contributed by atoms with Gasteiger partial charge >= 0.3 is 0 Å². The number of ether oxygens (including phenoxy) is 1. The van der Waals surface area contributed by atoms with Crippen LogP contribution in [0.4, 0.5) is 0 Å². The second-order valence-electron chi connectivity index (χ2n) is 10.0. The summed E-state index contributed by atoms with van der Waals surface area (Å²) in [6.07, 6.45) is 1.10. The molecule has 0 saturated heterocycles. The van der Waals surface area contributed by atoms with Gasteiger partial charge in [-0.05, 0) is 55.0 Å². The first-order valence-electron chi connectivity index (χ1n) is 10.6. The summed E-state index contributed by atoms with van der Waals surface area (Å²) in [7, 11) is 0. The summed E-state index contributed by atoms with van der Waals surface area (Å²) in [6, 6.07) is 21.4. The highest BCUT2D eigenvalue weighted by atomic mass is 35.5. The Hall–Kier alpha value is -2.03. The molecule has 0 aliphatic rings. The molecule has 3 rings (SSSR count). The molecule has 3 aromatic rings. The van der Waals surface area contributed by atoms with E-state index in [-0.39, 0.29) is 23.4 Å². The van der Waals surface area contributed by atoms with Crippen LogP contribution in [0.1, 0.15) is 57.7 Å². The van der Waals surface area contributed by atoms with E-state index >= 15 is 0 Å². The number of halogens is 1. The molecule has 0 heterocycles. The van der Waals surface area contributed by atoms with Gasteiger partial charge < -0.3 is 10.1 Å². The molecule has 2 nitrogen and oxygen atoms in total. The standard InChI is InChI=1S/C27H35NO.ClH/c1-20-11-13-21(14-12-20)18-29-25-16-15-22-9-7-8-10-23(22)24(25)17-28-27(5,6)19-26(2,3)4;/h7-16,28H,17-19H2,1-6H3;1H. The van der Waals surface area contributed by atoms with E-state index in [2.05, 4.69) is 108 Å². The molecule has 0 atom stereocenters. The third-order valence-corrected chi connectivity index (χ3v) is 5.23. The molecule has 0 aromatic heterocycles. The maximum absolute atomic E-state index is 6.30. The minimum absolute atomic E-state index is 0.